The number of pyridine rings is 3. The van der Waals surface area contributed by atoms with E-state index in [1.807, 2.05) is 24.3 Å². The minimum atomic E-state index is -3.18. The second kappa shape index (κ2) is 8.86. The molecule has 37 heavy (non-hydrogen) atoms. The van der Waals surface area contributed by atoms with Gasteiger partial charge in [0.2, 0.25) is 0 Å². The van der Waals surface area contributed by atoms with Crippen LogP contribution in [0.15, 0.2) is 67.1 Å². The lowest BCUT2D eigenvalue weighted by Crippen LogP contribution is -2.06. The van der Waals surface area contributed by atoms with Crippen LogP contribution in [0, 0.1) is 5.82 Å². The molecule has 0 aliphatic rings. The lowest BCUT2D eigenvalue weighted by Gasteiger charge is -2.06. The van der Waals surface area contributed by atoms with Crippen molar-refractivity contribution < 1.29 is 12.8 Å². The third-order valence-corrected chi connectivity index (χ3v) is 6.93. The molecule has 184 valence electrons. The standard InChI is InChI=1S/C26H20FN7O2S/c1-37(35,36)10-7-15-11-17(13-18(27)12-15)22-23-20(6-9-29-22)31-26(32-23)25-24-21(33-34-25)5-4-19(30-24)16-3-2-8-28-14-16/h2-6,8-9,11-14H,7,10H2,1H3,(H,31,32)(H,33,34). The van der Waals surface area contributed by atoms with Crippen LogP contribution in [0.3, 0.4) is 0 Å². The van der Waals surface area contributed by atoms with Crippen LogP contribution in [0.1, 0.15) is 5.56 Å². The Morgan fingerprint density at radius 1 is 0.919 bits per heavy atom. The summed E-state index contributed by atoms with van der Waals surface area (Å²) < 4.78 is 37.7. The average molecular weight is 514 g/mol. The number of hydrogen-bond acceptors (Lipinski definition) is 7. The van der Waals surface area contributed by atoms with Gasteiger partial charge in [0.25, 0.3) is 0 Å². The third-order valence-electron chi connectivity index (χ3n) is 5.98. The smallest absolute Gasteiger partial charge is 0.161 e. The topological polar surface area (TPSA) is 130 Å². The summed E-state index contributed by atoms with van der Waals surface area (Å²) in [6, 6.07) is 13.8. The Hall–Kier alpha value is -4.51. The predicted octanol–water partition coefficient (Wildman–Crippen LogP) is 4.35. The maximum atomic E-state index is 14.5. The Morgan fingerprint density at radius 2 is 1.78 bits per heavy atom. The fourth-order valence-corrected chi connectivity index (χ4v) is 4.84. The Kier molecular flexibility index (Phi) is 5.49. The predicted molar refractivity (Wildman–Crippen MR) is 139 cm³/mol. The second-order valence-electron chi connectivity index (χ2n) is 8.78. The van der Waals surface area contributed by atoms with Crippen LogP contribution < -0.4 is 0 Å². The van der Waals surface area contributed by atoms with Crippen LogP contribution in [-0.4, -0.2) is 55.5 Å². The Labute approximate surface area is 210 Å². The molecule has 5 aromatic heterocycles. The van der Waals surface area contributed by atoms with Crippen LogP contribution in [-0.2, 0) is 16.3 Å². The number of nitrogens with one attached hydrogen (secondary N) is 2. The Morgan fingerprint density at radius 3 is 2.59 bits per heavy atom. The molecule has 0 spiro atoms. The van der Waals surface area contributed by atoms with E-state index < -0.39 is 15.7 Å². The molecule has 0 saturated heterocycles. The van der Waals surface area contributed by atoms with Gasteiger partial charge in [-0.25, -0.2) is 22.8 Å². The molecule has 0 bridgehead atoms. The molecule has 0 atom stereocenters. The summed E-state index contributed by atoms with van der Waals surface area (Å²) >= 11 is 0. The highest BCUT2D eigenvalue weighted by atomic mass is 32.2. The summed E-state index contributed by atoms with van der Waals surface area (Å²) in [5.74, 6) is -0.0543. The molecule has 9 nitrogen and oxygen atoms in total. The van der Waals surface area contributed by atoms with Gasteiger partial charge in [-0.05, 0) is 60.5 Å². The highest BCUT2D eigenvalue weighted by Crippen LogP contribution is 2.31. The Balaban J connectivity index is 1.44. The van der Waals surface area contributed by atoms with Gasteiger partial charge in [0.15, 0.2) is 11.5 Å². The molecule has 11 heteroatoms. The van der Waals surface area contributed by atoms with Gasteiger partial charge in [0, 0.05) is 36.0 Å². The second-order valence-corrected chi connectivity index (χ2v) is 11.0. The molecule has 0 unspecified atom stereocenters. The van der Waals surface area contributed by atoms with E-state index in [2.05, 4.69) is 25.1 Å². The molecule has 1 aromatic carbocycles. The number of sulfone groups is 1. The average Bonchev–Trinajstić information content (AvgIpc) is 3.51. The monoisotopic (exact) mass is 513 g/mol. The van der Waals surface area contributed by atoms with Gasteiger partial charge in [-0.15, -0.1) is 0 Å². The van der Waals surface area contributed by atoms with Crippen molar-refractivity contribution in [3.8, 4) is 34.0 Å². The summed E-state index contributed by atoms with van der Waals surface area (Å²) in [5.41, 5.74) is 6.36. The number of imidazole rings is 1. The molecule has 6 rings (SSSR count). The van der Waals surface area contributed by atoms with E-state index in [0.717, 1.165) is 23.0 Å². The van der Waals surface area contributed by atoms with Crippen molar-refractivity contribution in [1.82, 2.24) is 35.1 Å². The minimum absolute atomic E-state index is 0.0691. The fraction of sp³-hybridized carbons (Fsp3) is 0.115. The Bertz CT molecular complexity index is 1880. The van der Waals surface area contributed by atoms with Gasteiger partial charge >= 0.3 is 0 Å². The number of aromatic nitrogens is 7. The highest BCUT2D eigenvalue weighted by molar-refractivity contribution is 7.90. The van der Waals surface area contributed by atoms with Gasteiger partial charge < -0.3 is 4.98 Å². The molecule has 0 radical (unpaired) electrons. The zero-order valence-corrected chi connectivity index (χ0v) is 20.4. The molecule has 0 saturated carbocycles. The lowest BCUT2D eigenvalue weighted by atomic mass is 10.0. The van der Waals surface area contributed by atoms with E-state index in [1.54, 1.807) is 30.7 Å². The van der Waals surface area contributed by atoms with Gasteiger partial charge in [-0.3, -0.25) is 15.1 Å². The third kappa shape index (κ3) is 4.56. The number of nitrogens with zero attached hydrogens (tertiary/aromatic N) is 5. The SMILES string of the molecule is CS(=O)(=O)CCc1cc(F)cc(-c2nccc3[nH]c(-c4n[nH]c5ccc(-c6cccnc6)nc45)nc23)c1. The number of benzene rings is 1. The number of hydrogen-bond donors (Lipinski definition) is 2. The molecule has 0 aliphatic carbocycles. The summed E-state index contributed by atoms with van der Waals surface area (Å²) in [6.07, 6.45) is 6.43. The van der Waals surface area contributed by atoms with Gasteiger partial charge in [0.05, 0.1) is 28.2 Å². The normalized spacial score (nSPS) is 11.9. The number of aromatic amines is 2. The number of H-pyrrole nitrogens is 2. The van der Waals surface area contributed by atoms with Crippen LogP contribution in [0.5, 0.6) is 0 Å². The van der Waals surface area contributed by atoms with E-state index >= 15 is 0 Å². The number of aryl methyl sites for hydroxylation is 1. The zero-order valence-electron chi connectivity index (χ0n) is 19.6. The number of fused-ring (bicyclic) bond motifs is 2. The maximum Gasteiger partial charge on any atom is 0.161 e. The number of halogens is 1. The first-order valence-electron chi connectivity index (χ1n) is 11.4. The summed E-state index contributed by atoms with van der Waals surface area (Å²) in [7, 11) is -3.18. The molecule has 0 fully saturated rings. The quantitative estimate of drug-likeness (QED) is 0.339. The highest BCUT2D eigenvalue weighted by Gasteiger charge is 2.18. The van der Waals surface area contributed by atoms with E-state index in [0.29, 0.717) is 44.9 Å². The van der Waals surface area contributed by atoms with Crippen molar-refractivity contribution in [2.45, 2.75) is 6.42 Å². The van der Waals surface area contributed by atoms with Crippen molar-refractivity contribution in [2.75, 3.05) is 12.0 Å². The van der Waals surface area contributed by atoms with Crippen molar-refractivity contribution in [2.24, 2.45) is 0 Å². The summed E-state index contributed by atoms with van der Waals surface area (Å²) in [4.78, 5) is 21.4. The van der Waals surface area contributed by atoms with Gasteiger partial charge in [-0.2, -0.15) is 5.10 Å². The molecule has 0 amide bonds. The molecular weight excluding hydrogens is 493 g/mol. The molecular formula is C26H20FN7O2S. The van der Waals surface area contributed by atoms with Gasteiger partial charge in [0.1, 0.15) is 26.7 Å². The van der Waals surface area contributed by atoms with Crippen LogP contribution in [0.4, 0.5) is 4.39 Å². The van der Waals surface area contributed by atoms with E-state index in [1.165, 1.54) is 12.1 Å². The van der Waals surface area contributed by atoms with Crippen LogP contribution >= 0.6 is 0 Å². The molecule has 5 heterocycles. The maximum absolute atomic E-state index is 14.5. The first-order valence-corrected chi connectivity index (χ1v) is 13.5. The van der Waals surface area contributed by atoms with E-state index in [9.17, 15) is 12.8 Å². The fourth-order valence-electron chi connectivity index (χ4n) is 4.23. The summed E-state index contributed by atoms with van der Waals surface area (Å²) in [5, 5.41) is 7.43. The largest absolute Gasteiger partial charge is 0.336 e. The van der Waals surface area contributed by atoms with Crippen LogP contribution in [0.25, 0.3) is 56.1 Å². The van der Waals surface area contributed by atoms with Crippen molar-refractivity contribution in [3.05, 3.63) is 78.5 Å². The number of rotatable bonds is 6. The zero-order chi connectivity index (χ0) is 25.6. The molecule has 0 aliphatic heterocycles. The first-order chi connectivity index (χ1) is 17.8. The van der Waals surface area contributed by atoms with E-state index in [4.69, 9.17) is 9.97 Å². The van der Waals surface area contributed by atoms with Crippen molar-refractivity contribution in [3.63, 3.8) is 0 Å². The molecule has 6 aromatic rings. The first kappa shape index (κ1) is 22.9. The van der Waals surface area contributed by atoms with Crippen LogP contribution in [0.2, 0.25) is 0 Å². The summed E-state index contributed by atoms with van der Waals surface area (Å²) in [6.45, 7) is 0. The lowest BCUT2D eigenvalue weighted by molar-refractivity contribution is 0.600. The van der Waals surface area contributed by atoms with Crippen molar-refractivity contribution in [1.29, 1.82) is 0 Å². The minimum Gasteiger partial charge on any atom is -0.336 e. The van der Waals surface area contributed by atoms with Crippen molar-refractivity contribution >= 4 is 31.9 Å². The molecule has 2 N–H and O–H groups in total. The van der Waals surface area contributed by atoms with Gasteiger partial charge in [-0.1, -0.05) is 0 Å². The van der Waals surface area contributed by atoms with E-state index in [-0.39, 0.29) is 12.2 Å².